The van der Waals surface area contributed by atoms with Crippen LogP contribution in [0.3, 0.4) is 0 Å². The molecule has 1 amide bonds. The normalized spacial score (nSPS) is 19.7. The van der Waals surface area contributed by atoms with Crippen molar-refractivity contribution in [3.8, 4) is 0 Å². The van der Waals surface area contributed by atoms with Crippen LogP contribution in [0, 0.1) is 5.92 Å². The van der Waals surface area contributed by atoms with Crippen LogP contribution in [0.1, 0.15) is 47.0 Å². The molecule has 3 nitrogen and oxygen atoms in total. The summed E-state index contributed by atoms with van der Waals surface area (Å²) >= 11 is 1.90. The van der Waals surface area contributed by atoms with E-state index in [1.807, 2.05) is 43.5 Å². The molecule has 0 aliphatic carbocycles. The van der Waals surface area contributed by atoms with Gasteiger partial charge in [0.05, 0.1) is 0 Å². The number of nitrogens with zero attached hydrogens (tertiary/aromatic N) is 1. The molecule has 2 atom stereocenters. The summed E-state index contributed by atoms with van der Waals surface area (Å²) in [6.07, 6.45) is 3.09. The van der Waals surface area contributed by atoms with Crippen LogP contribution in [-0.2, 0) is 4.74 Å². The molecule has 128 valence electrons. The maximum Gasteiger partial charge on any atom is 0.410 e. The van der Waals surface area contributed by atoms with E-state index in [0.29, 0.717) is 12.0 Å². The van der Waals surface area contributed by atoms with Gasteiger partial charge in [0.2, 0.25) is 0 Å². The molecular weight excluding hydrogens is 306 g/mol. The Morgan fingerprint density at radius 1 is 1.35 bits per heavy atom. The number of hydrogen-bond donors (Lipinski definition) is 0. The highest BCUT2D eigenvalue weighted by Crippen LogP contribution is 2.28. The summed E-state index contributed by atoms with van der Waals surface area (Å²) in [4.78, 5) is 15.6. The molecular formula is C19H29NO2S. The number of ether oxygens (including phenoxy) is 1. The van der Waals surface area contributed by atoms with Crippen LogP contribution in [0.2, 0.25) is 0 Å². The van der Waals surface area contributed by atoms with Crippen molar-refractivity contribution in [3.05, 3.63) is 30.3 Å². The highest BCUT2D eigenvalue weighted by atomic mass is 32.2. The Kier molecular flexibility index (Phi) is 6.40. The lowest BCUT2D eigenvalue weighted by Gasteiger charge is -2.29. The third-order valence-corrected chi connectivity index (χ3v) is 5.30. The molecule has 2 rings (SSSR count). The van der Waals surface area contributed by atoms with Crippen molar-refractivity contribution in [2.45, 2.75) is 63.5 Å². The van der Waals surface area contributed by atoms with Gasteiger partial charge in [0.25, 0.3) is 0 Å². The molecule has 0 unspecified atom stereocenters. The van der Waals surface area contributed by atoms with Gasteiger partial charge in [0.1, 0.15) is 5.60 Å². The maximum atomic E-state index is 12.3. The van der Waals surface area contributed by atoms with E-state index in [4.69, 9.17) is 4.74 Å². The number of hydrogen-bond acceptors (Lipinski definition) is 3. The molecule has 23 heavy (non-hydrogen) atoms. The van der Waals surface area contributed by atoms with Crippen molar-refractivity contribution in [3.63, 3.8) is 0 Å². The Morgan fingerprint density at radius 2 is 2.04 bits per heavy atom. The highest BCUT2D eigenvalue weighted by molar-refractivity contribution is 7.99. The third kappa shape index (κ3) is 6.09. The molecule has 0 N–H and O–H groups in total. The summed E-state index contributed by atoms with van der Waals surface area (Å²) in [6.45, 7) is 8.89. The van der Waals surface area contributed by atoms with Crippen LogP contribution in [0.25, 0.3) is 0 Å². The van der Waals surface area contributed by atoms with E-state index in [-0.39, 0.29) is 6.09 Å². The zero-order valence-electron chi connectivity index (χ0n) is 14.7. The van der Waals surface area contributed by atoms with Crippen molar-refractivity contribution in [1.82, 2.24) is 4.90 Å². The van der Waals surface area contributed by atoms with Crippen molar-refractivity contribution in [2.75, 3.05) is 12.3 Å². The minimum atomic E-state index is -0.418. The first-order valence-corrected chi connectivity index (χ1v) is 9.51. The van der Waals surface area contributed by atoms with Crippen LogP contribution in [0.5, 0.6) is 0 Å². The van der Waals surface area contributed by atoms with E-state index in [2.05, 4.69) is 31.2 Å². The SMILES string of the molecule is C[C@@H](CSc1ccccc1)C[C@@H]1CCCN1C(=O)OC(C)(C)C. The van der Waals surface area contributed by atoms with Crippen molar-refractivity contribution >= 4 is 17.9 Å². The number of rotatable bonds is 5. The molecule has 1 aromatic rings. The third-order valence-electron chi connectivity index (χ3n) is 3.96. The summed E-state index contributed by atoms with van der Waals surface area (Å²) < 4.78 is 5.54. The first kappa shape index (κ1) is 18.2. The summed E-state index contributed by atoms with van der Waals surface area (Å²) in [7, 11) is 0. The number of benzene rings is 1. The molecule has 0 aromatic heterocycles. The van der Waals surface area contributed by atoms with Gasteiger partial charge in [-0.15, -0.1) is 11.8 Å². The molecule has 1 aliphatic heterocycles. The van der Waals surface area contributed by atoms with Gasteiger partial charge in [-0.05, 0) is 58.1 Å². The standard InChI is InChI=1S/C19H29NO2S/c1-15(14-23-17-10-6-5-7-11-17)13-16-9-8-12-20(16)18(21)22-19(2,3)4/h5-7,10-11,15-16H,8-9,12-14H2,1-4H3/t15-,16+/m1/s1. The molecule has 0 spiro atoms. The average molecular weight is 336 g/mol. The number of amides is 1. The number of carbonyl (C=O) groups excluding carboxylic acids is 1. The van der Waals surface area contributed by atoms with E-state index in [0.717, 1.165) is 31.6 Å². The monoisotopic (exact) mass is 335 g/mol. The van der Waals surface area contributed by atoms with Gasteiger partial charge < -0.3 is 9.64 Å². The predicted molar refractivity (Wildman–Crippen MR) is 96.9 cm³/mol. The zero-order valence-corrected chi connectivity index (χ0v) is 15.6. The van der Waals surface area contributed by atoms with Crippen molar-refractivity contribution in [1.29, 1.82) is 0 Å². The molecule has 0 saturated carbocycles. The van der Waals surface area contributed by atoms with Crippen LogP contribution >= 0.6 is 11.8 Å². The molecule has 1 heterocycles. The Labute approximate surface area is 144 Å². The lowest BCUT2D eigenvalue weighted by atomic mass is 10.0. The topological polar surface area (TPSA) is 29.5 Å². The number of thioether (sulfide) groups is 1. The molecule has 0 bridgehead atoms. The van der Waals surface area contributed by atoms with E-state index < -0.39 is 5.60 Å². The van der Waals surface area contributed by atoms with Crippen LogP contribution in [0.15, 0.2) is 35.2 Å². The van der Waals surface area contributed by atoms with Gasteiger partial charge in [0.15, 0.2) is 0 Å². The number of carbonyl (C=O) groups is 1. The smallest absolute Gasteiger partial charge is 0.410 e. The Bertz CT molecular complexity index is 498. The number of likely N-dealkylation sites (tertiary alicyclic amines) is 1. The van der Waals surface area contributed by atoms with Crippen molar-refractivity contribution in [2.24, 2.45) is 5.92 Å². The fourth-order valence-corrected chi connectivity index (χ4v) is 3.89. The fourth-order valence-electron chi connectivity index (χ4n) is 2.93. The molecule has 1 aliphatic rings. The van der Waals surface area contributed by atoms with Crippen LogP contribution < -0.4 is 0 Å². The minimum Gasteiger partial charge on any atom is -0.444 e. The quantitative estimate of drug-likeness (QED) is 0.692. The maximum absolute atomic E-state index is 12.3. The van der Waals surface area contributed by atoms with Crippen LogP contribution in [-0.4, -0.2) is 34.9 Å². The summed E-state index contributed by atoms with van der Waals surface area (Å²) in [5, 5.41) is 0. The second kappa shape index (κ2) is 8.09. The van der Waals surface area contributed by atoms with E-state index in [9.17, 15) is 4.79 Å². The lowest BCUT2D eigenvalue weighted by Crippen LogP contribution is -2.40. The van der Waals surface area contributed by atoms with E-state index >= 15 is 0 Å². The molecule has 1 fully saturated rings. The lowest BCUT2D eigenvalue weighted by molar-refractivity contribution is 0.0212. The first-order valence-electron chi connectivity index (χ1n) is 8.52. The summed E-state index contributed by atoms with van der Waals surface area (Å²) in [6, 6.07) is 10.8. The van der Waals surface area contributed by atoms with Gasteiger partial charge in [-0.25, -0.2) is 4.79 Å². The summed E-state index contributed by atoms with van der Waals surface area (Å²) in [5.74, 6) is 1.66. The van der Waals surface area contributed by atoms with Crippen molar-refractivity contribution < 1.29 is 9.53 Å². The Morgan fingerprint density at radius 3 is 2.70 bits per heavy atom. The average Bonchev–Trinajstić information content (AvgIpc) is 2.93. The van der Waals surface area contributed by atoms with E-state index in [1.54, 1.807) is 0 Å². The van der Waals surface area contributed by atoms with Gasteiger partial charge in [-0.2, -0.15) is 0 Å². The summed E-state index contributed by atoms with van der Waals surface area (Å²) in [5.41, 5.74) is -0.418. The van der Waals surface area contributed by atoms with Gasteiger partial charge in [0, 0.05) is 23.2 Å². The predicted octanol–water partition coefficient (Wildman–Crippen LogP) is 5.20. The zero-order chi connectivity index (χ0) is 16.9. The minimum absolute atomic E-state index is 0.150. The molecule has 1 aromatic carbocycles. The molecule has 0 radical (unpaired) electrons. The Hall–Kier alpha value is -1.16. The van der Waals surface area contributed by atoms with Crippen LogP contribution in [0.4, 0.5) is 4.79 Å². The molecule has 1 saturated heterocycles. The molecule has 4 heteroatoms. The highest BCUT2D eigenvalue weighted by Gasteiger charge is 2.32. The Balaban J connectivity index is 1.82. The fraction of sp³-hybridized carbons (Fsp3) is 0.632. The first-order chi connectivity index (χ1) is 10.8. The second-order valence-electron chi connectivity index (χ2n) is 7.43. The van der Waals surface area contributed by atoms with Gasteiger partial charge >= 0.3 is 6.09 Å². The van der Waals surface area contributed by atoms with Gasteiger partial charge in [-0.1, -0.05) is 25.1 Å². The largest absolute Gasteiger partial charge is 0.444 e. The van der Waals surface area contributed by atoms with Gasteiger partial charge in [-0.3, -0.25) is 0 Å². The second-order valence-corrected chi connectivity index (χ2v) is 8.53. The van der Waals surface area contributed by atoms with E-state index in [1.165, 1.54) is 4.90 Å².